The first kappa shape index (κ1) is 17.0. The zero-order valence-corrected chi connectivity index (χ0v) is 13.9. The largest absolute Gasteiger partial charge is 0.383 e. The fourth-order valence-electron chi connectivity index (χ4n) is 2.00. The van der Waals surface area contributed by atoms with Gasteiger partial charge in [0.15, 0.2) is 9.84 Å². The average Bonchev–Trinajstić information content (AvgIpc) is 2.46. The molecule has 0 fully saturated rings. The van der Waals surface area contributed by atoms with Crippen LogP contribution in [-0.4, -0.2) is 34.6 Å². The number of nitrogens with two attached hydrogens (primary N) is 1. The first-order valence-corrected chi connectivity index (χ1v) is 8.69. The predicted octanol–water partition coefficient (Wildman–Crippen LogP) is 2.33. The number of sulfone groups is 1. The standard InChI is InChI=1S/C16H18FN3O2S/c1-20(2)15-9-4-11(10-14(15)17)16(18)19-12-5-7-13(8-6-12)23(3,21)22/h4-10H,1-3H3,(H2,18,19). The van der Waals surface area contributed by atoms with E-state index in [1.54, 1.807) is 43.3 Å². The van der Waals surface area contributed by atoms with Crippen molar-refractivity contribution in [2.24, 2.45) is 10.7 Å². The van der Waals surface area contributed by atoms with Gasteiger partial charge in [-0.3, -0.25) is 0 Å². The van der Waals surface area contributed by atoms with Crippen molar-refractivity contribution in [3.05, 3.63) is 53.8 Å². The third-order valence-corrected chi connectivity index (χ3v) is 4.37. The summed E-state index contributed by atoms with van der Waals surface area (Å²) in [4.78, 5) is 6.06. The van der Waals surface area contributed by atoms with Crippen LogP contribution in [0.1, 0.15) is 5.56 Å². The highest BCUT2D eigenvalue weighted by molar-refractivity contribution is 7.90. The van der Waals surface area contributed by atoms with E-state index in [-0.39, 0.29) is 10.7 Å². The van der Waals surface area contributed by atoms with Gasteiger partial charge in [0, 0.05) is 25.9 Å². The van der Waals surface area contributed by atoms with Gasteiger partial charge < -0.3 is 10.6 Å². The summed E-state index contributed by atoms with van der Waals surface area (Å²) in [5.74, 6) is -0.237. The first-order chi connectivity index (χ1) is 10.7. The highest BCUT2D eigenvalue weighted by Crippen LogP contribution is 2.20. The molecule has 0 amide bonds. The van der Waals surface area contributed by atoms with E-state index in [2.05, 4.69) is 4.99 Å². The molecule has 0 saturated heterocycles. The van der Waals surface area contributed by atoms with Crippen molar-refractivity contribution in [3.8, 4) is 0 Å². The lowest BCUT2D eigenvalue weighted by Gasteiger charge is -2.14. The maximum absolute atomic E-state index is 14.0. The van der Waals surface area contributed by atoms with Crippen LogP contribution in [0.25, 0.3) is 0 Å². The Hall–Kier alpha value is -2.41. The van der Waals surface area contributed by atoms with Crippen LogP contribution >= 0.6 is 0 Å². The van der Waals surface area contributed by atoms with Gasteiger partial charge in [0.1, 0.15) is 11.7 Å². The van der Waals surface area contributed by atoms with Gasteiger partial charge in [-0.15, -0.1) is 0 Å². The highest BCUT2D eigenvalue weighted by Gasteiger charge is 2.09. The number of aliphatic imine (C=N–C) groups is 1. The van der Waals surface area contributed by atoms with Crippen molar-refractivity contribution < 1.29 is 12.8 Å². The zero-order chi connectivity index (χ0) is 17.2. The van der Waals surface area contributed by atoms with Gasteiger partial charge >= 0.3 is 0 Å². The molecule has 2 N–H and O–H groups in total. The summed E-state index contributed by atoms with van der Waals surface area (Å²) in [6.45, 7) is 0. The second-order valence-corrected chi connectivity index (χ2v) is 7.34. The number of hydrogen-bond acceptors (Lipinski definition) is 4. The fraction of sp³-hybridized carbons (Fsp3) is 0.188. The summed E-state index contributed by atoms with van der Waals surface area (Å²) < 4.78 is 36.8. The molecule has 0 radical (unpaired) electrons. The summed E-state index contributed by atoms with van der Waals surface area (Å²) in [5.41, 5.74) is 7.31. The minimum atomic E-state index is -3.25. The molecule has 0 aliphatic rings. The minimum Gasteiger partial charge on any atom is -0.383 e. The van der Waals surface area contributed by atoms with Crippen LogP contribution in [0.15, 0.2) is 52.4 Å². The Labute approximate surface area is 135 Å². The molecule has 122 valence electrons. The molecule has 2 aromatic rings. The number of anilines is 1. The third kappa shape index (κ3) is 4.07. The molecule has 0 saturated carbocycles. The summed E-state index contributed by atoms with van der Waals surface area (Å²) >= 11 is 0. The van der Waals surface area contributed by atoms with E-state index in [1.807, 2.05) is 0 Å². The van der Waals surface area contributed by atoms with Crippen molar-refractivity contribution >= 4 is 27.0 Å². The molecule has 0 spiro atoms. The van der Waals surface area contributed by atoms with Gasteiger partial charge in [-0.05, 0) is 42.5 Å². The van der Waals surface area contributed by atoms with Crippen molar-refractivity contribution in [3.63, 3.8) is 0 Å². The molecule has 5 nitrogen and oxygen atoms in total. The van der Waals surface area contributed by atoms with Gasteiger partial charge in [-0.1, -0.05) is 0 Å². The molecule has 0 aliphatic carbocycles. The third-order valence-electron chi connectivity index (χ3n) is 3.24. The monoisotopic (exact) mass is 335 g/mol. The minimum absolute atomic E-state index is 0.154. The zero-order valence-electron chi connectivity index (χ0n) is 13.1. The molecule has 0 heterocycles. The lowest BCUT2D eigenvalue weighted by atomic mass is 10.1. The second-order valence-electron chi connectivity index (χ2n) is 5.32. The number of nitrogens with zero attached hydrogens (tertiary/aromatic N) is 2. The van der Waals surface area contributed by atoms with E-state index < -0.39 is 15.7 Å². The normalized spacial score (nSPS) is 12.3. The Balaban J connectivity index is 2.31. The molecule has 0 unspecified atom stereocenters. The molecule has 0 bridgehead atoms. The van der Waals surface area contributed by atoms with Crippen molar-refractivity contribution in [2.75, 3.05) is 25.3 Å². The number of benzene rings is 2. The number of halogens is 1. The molecule has 0 aromatic heterocycles. The number of hydrogen-bond donors (Lipinski definition) is 1. The maximum atomic E-state index is 14.0. The van der Waals surface area contributed by atoms with Crippen LogP contribution in [0.5, 0.6) is 0 Å². The Kier molecular flexibility index (Phi) is 4.70. The molecule has 2 aromatic carbocycles. The van der Waals surface area contributed by atoms with E-state index in [4.69, 9.17) is 5.73 Å². The Bertz CT molecular complexity index is 844. The highest BCUT2D eigenvalue weighted by atomic mass is 32.2. The SMILES string of the molecule is CN(C)c1ccc(C(N)=Nc2ccc(S(C)(=O)=O)cc2)cc1F. The van der Waals surface area contributed by atoms with Gasteiger partial charge in [0.2, 0.25) is 0 Å². The van der Waals surface area contributed by atoms with Crippen LogP contribution in [0.2, 0.25) is 0 Å². The van der Waals surface area contributed by atoms with Gasteiger partial charge in [0.05, 0.1) is 16.3 Å². The van der Waals surface area contributed by atoms with Crippen LogP contribution in [0.3, 0.4) is 0 Å². The summed E-state index contributed by atoms with van der Waals surface area (Å²) in [5, 5.41) is 0. The summed E-state index contributed by atoms with van der Waals surface area (Å²) in [6, 6.07) is 10.6. The predicted molar refractivity (Wildman–Crippen MR) is 90.7 cm³/mol. The lowest BCUT2D eigenvalue weighted by Crippen LogP contribution is -2.15. The molecule has 0 atom stereocenters. The Morgan fingerprint density at radius 2 is 1.74 bits per heavy atom. The molecule has 0 aliphatic heterocycles. The van der Waals surface area contributed by atoms with Crippen LogP contribution in [0.4, 0.5) is 15.8 Å². The molecule has 2 rings (SSSR count). The van der Waals surface area contributed by atoms with Crippen molar-refractivity contribution in [2.45, 2.75) is 4.90 Å². The quantitative estimate of drug-likeness (QED) is 0.687. The molecular weight excluding hydrogens is 317 g/mol. The van der Waals surface area contributed by atoms with E-state index in [9.17, 15) is 12.8 Å². The summed E-state index contributed by atoms with van der Waals surface area (Å²) in [7, 11) is 0.245. The number of amidine groups is 1. The average molecular weight is 335 g/mol. The van der Waals surface area contributed by atoms with Crippen molar-refractivity contribution in [1.29, 1.82) is 0 Å². The topological polar surface area (TPSA) is 75.8 Å². The van der Waals surface area contributed by atoms with Crippen LogP contribution < -0.4 is 10.6 Å². The smallest absolute Gasteiger partial charge is 0.175 e. The van der Waals surface area contributed by atoms with E-state index >= 15 is 0 Å². The summed E-state index contributed by atoms with van der Waals surface area (Å²) in [6.07, 6.45) is 1.13. The molecular formula is C16H18FN3O2S. The van der Waals surface area contributed by atoms with Gasteiger partial charge in [-0.2, -0.15) is 0 Å². The molecule has 7 heteroatoms. The maximum Gasteiger partial charge on any atom is 0.175 e. The van der Waals surface area contributed by atoms with Crippen LogP contribution in [0, 0.1) is 5.82 Å². The van der Waals surface area contributed by atoms with Gasteiger partial charge in [-0.25, -0.2) is 17.8 Å². The second kappa shape index (κ2) is 6.37. The molecule has 23 heavy (non-hydrogen) atoms. The Morgan fingerprint density at radius 1 is 1.13 bits per heavy atom. The number of rotatable bonds is 4. The lowest BCUT2D eigenvalue weighted by molar-refractivity contribution is 0.602. The van der Waals surface area contributed by atoms with E-state index in [0.717, 1.165) is 6.26 Å². The van der Waals surface area contributed by atoms with Crippen molar-refractivity contribution in [1.82, 2.24) is 0 Å². The Morgan fingerprint density at radius 3 is 2.22 bits per heavy atom. The van der Waals surface area contributed by atoms with E-state index in [1.165, 1.54) is 18.2 Å². The first-order valence-electron chi connectivity index (χ1n) is 6.80. The van der Waals surface area contributed by atoms with Crippen LogP contribution in [-0.2, 0) is 9.84 Å². The fourth-order valence-corrected chi connectivity index (χ4v) is 2.63. The van der Waals surface area contributed by atoms with Gasteiger partial charge in [0.25, 0.3) is 0 Å². The van der Waals surface area contributed by atoms with E-state index in [0.29, 0.717) is 16.9 Å².